The van der Waals surface area contributed by atoms with Gasteiger partial charge in [0, 0.05) is 22.3 Å². The minimum Gasteiger partial charge on any atom is -0.306 e. The number of benzene rings is 7. The molecular weight excluding hydrogens is 898 g/mol. The molecule has 0 radical (unpaired) electrons. The Morgan fingerprint density at radius 2 is 0.937 bits per heavy atom. The van der Waals surface area contributed by atoms with Gasteiger partial charge in [0.1, 0.15) is 0 Å². The molecule has 0 aliphatic carbocycles. The molecule has 1 aliphatic heterocycles. The molecule has 1 heterocycles. The first-order chi connectivity index (χ1) is 29.2. The lowest BCUT2D eigenvalue weighted by Gasteiger charge is -2.32. The molecule has 3 N–H and O–H groups in total. The molecule has 0 spiro atoms. The van der Waals surface area contributed by atoms with Gasteiger partial charge in [0.05, 0.1) is 38.5 Å². The Bertz CT molecular complexity index is 3120. The standard InChI is InChI=1S/C43H26F12N3O3PS/c1-22-10-12-31(13-11-22)63(60,61)58-39-35(26-16-29(42(50,51)52)21-30(17-26)43(53,54)55)19-24-7-3-5-9-33(24)37(39)36-32-8-4-2-6-23(32)18-34(38(36)57-62(58,56)59)25-14-27(40(44,45)46)20-28(15-25)41(47,48)49/h2-21H,1H3,(H3,56,57,59). The van der Waals surface area contributed by atoms with Gasteiger partial charge in [-0.1, -0.05) is 66.2 Å². The highest BCUT2D eigenvalue weighted by molar-refractivity contribution is 8.01. The molecule has 7 aromatic carbocycles. The number of sulfonamides is 1. The molecule has 0 fully saturated rings. The average Bonchev–Trinajstić information content (AvgIpc) is 3.30. The number of nitrogens with two attached hydrogens (primary N) is 1. The summed E-state index contributed by atoms with van der Waals surface area (Å²) in [6.45, 7) is 1.59. The van der Waals surface area contributed by atoms with Crippen molar-refractivity contribution in [3.63, 3.8) is 0 Å². The number of rotatable bonds is 4. The predicted octanol–water partition coefficient (Wildman–Crippen LogP) is 14.1. The molecule has 326 valence electrons. The monoisotopic (exact) mass is 923 g/mol. The normalized spacial score (nSPS) is 16.1. The minimum atomic E-state index is -5.53. The Morgan fingerprint density at radius 1 is 0.540 bits per heavy atom. The van der Waals surface area contributed by atoms with Crippen LogP contribution in [0.15, 0.2) is 126 Å². The highest BCUT2D eigenvalue weighted by Gasteiger charge is 2.47. The highest BCUT2D eigenvalue weighted by atomic mass is 32.2. The molecule has 7 aromatic rings. The van der Waals surface area contributed by atoms with Crippen LogP contribution < -0.4 is 14.7 Å². The van der Waals surface area contributed by atoms with E-state index in [0.717, 1.165) is 24.3 Å². The maximum absolute atomic E-state index is 15.4. The van der Waals surface area contributed by atoms with Gasteiger partial charge in [0.25, 0.3) is 10.0 Å². The maximum Gasteiger partial charge on any atom is 0.416 e. The summed E-state index contributed by atoms with van der Waals surface area (Å²) in [6.07, 6.45) is -21.5. The molecule has 1 aliphatic rings. The van der Waals surface area contributed by atoms with Crippen LogP contribution >= 0.6 is 7.59 Å². The van der Waals surface area contributed by atoms with Crippen molar-refractivity contribution >= 4 is 50.5 Å². The zero-order chi connectivity index (χ0) is 45.8. The number of hydrogen-bond donors (Lipinski definition) is 2. The second-order valence-electron chi connectivity index (χ2n) is 14.6. The van der Waals surface area contributed by atoms with Crippen molar-refractivity contribution in [3.8, 4) is 33.4 Å². The van der Waals surface area contributed by atoms with E-state index in [2.05, 4.69) is 5.09 Å². The van der Waals surface area contributed by atoms with E-state index < -0.39 is 103 Å². The van der Waals surface area contributed by atoms with Crippen molar-refractivity contribution in [1.82, 2.24) is 0 Å². The molecule has 1 atom stereocenters. The second-order valence-corrected chi connectivity index (χ2v) is 18.6. The van der Waals surface area contributed by atoms with Crippen molar-refractivity contribution in [2.75, 3.05) is 9.16 Å². The van der Waals surface area contributed by atoms with Crippen molar-refractivity contribution in [2.24, 2.45) is 5.50 Å². The lowest BCUT2D eigenvalue weighted by atomic mass is 9.84. The number of nitrogens with one attached hydrogen (secondary N) is 1. The lowest BCUT2D eigenvalue weighted by Crippen LogP contribution is -2.34. The second kappa shape index (κ2) is 14.5. The first-order valence-corrected chi connectivity index (χ1v) is 21.3. The smallest absolute Gasteiger partial charge is 0.306 e. The predicted molar refractivity (Wildman–Crippen MR) is 214 cm³/mol. The van der Waals surface area contributed by atoms with Gasteiger partial charge in [-0.2, -0.15) is 56.8 Å². The SMILES string of the molecule is Cc1ccc(S(=O)(=O)N2c3c(-c4cc(C(F)(F)F)cc(C(F)(F)F)c4)cc4ccccc4c3-c3c(c(-c4cc(C(F)(F)F)cc(C(F)(F)F)c4)cc4ccccc34)NP2(N)=O)cc1. The van der Waals surface area contributed by atoms with Crippen LogP contribution in [-0.4, -0.2) is 8.42 Å². The van der Waals surface area contributed by atoms with E-state index in [9.17, 15) is 52.7 Å². The van der Waals surface area contributed by atoms with Gasteiger partial charge in [-0.05, 0) is 100 Å². The quantitative estimate of drug-likeness (QED) is 0.136. The molecule has 8 rings (SSSR count). The zero-order valence-electron chi connectivity index (χ0n) is 31.7. The number of halogens is 12. The van der Waals surface area contributed by atoms with Crippen LogP contribution in [0.4, 0.5) is 64.1 Å². The molecule has 20 heteroatoms. The van der Waals surface area contributed by atoms with Gasteiger partial charge in [-0.3, -0.25) is 4.57 Å². The van der Waals surface area contributed by atoms with E-state index in [1.54, 1.807) is 6.92 Å². The Labute approximate surface area is 349 Å². The summed E-state index contributed by atoms with van der Waals surface area (Å²) in [4.78, 5) is -0.616. The molecular formula is C43H26F12N3O3PS. The van der Waals surface area contributed by atoms with Crippen molar-refractivity contribution < 1.29 is 65.7 Å². The molecule has 6 nitrogen and oxygen atoms in total. The highest BCUT2D eigenvalue weighted by Crippen LogP contribution is 2.63. The van der Waals surface area contributed by atoms with E-state index >= 15 is 13.0 Å². The van der Waals surface area contributed by atoms with E-state index in [4.69, 9.17) is 5.50 Å². The van der Waals surface area contributed by atoms with Gasteiger partial charge in [-0.25, -0.2) is 13.9 Å². The summed E-state index contributed by atoms with van der Waals surface area (Å²) >= 11 is 0. The number of nitrogens with zero attached hydrogens (tertiary/aromatic N) is 1. The molecule has 0 saturated carbocycles. The summed E-state index contributed by atoms with van der Waals surface area (Å²) in [6, 6.07) is 19.5. The summed E-state index contributed by atoms with van der Waals surface area (Å²) in [5, 5.41) is 2.66. The van der Waals surface area contributed by atoms with Crippen molar-refractivity contribution in [3.05, 3.63) is 149 Å². The average molecular weight is 924 g/mol. The van der Waals surface area contributed by atoms with Gasteiger partial charge < -0.3 is 5.09 Å². The molecule has 1 unspecified atom stereocenters. The third kappa shape index (κ3) is 7.75. The van der Waals surface area contributed by atoms with Gasteiger partial charge >= 0.3 is 32.3 Å². The van der Waals surface area contributed by atoms with E-state index in [0.29, 0.717) is 29.8 Å². The number of fused-ring (bicyclic) bond motifs is 7. The first kappa shape index (κ1) is 43.6. The summed E-state index contributed by atoms with van der Waals surface area (Å²) in [5.74, 6) is 0. The Balaban J connectivity index is 1.64. The summed E-state index contributed by atoms with van der Waals surface area (Å²) < 4.78 is 218. The third-order valence-corrected chi connectivity index (χ3v) is 14.6. The molecule has 0 saturated heterocycles. The summed E-state index contributed by atoms with van der Waals surface area (Å²) in [5.41, 5.74) is -4.88. The molecule has 0 amide bonds. The Morgan fingerprint density at radius 3 is 1.38 bits per heavy atom. The number of aryl methyl sites for hydroxylation is 1. The number of alkyl halides is 12. The van der Waals surface area contributed by atoms with Crippen molar-refractivity contribution in [1.29, 1.82) is 0 Å². The zero-order valence-corrected chi connectivity index (χ0v) is 33.4. The van der Waals surface area contributed by atoms with Crippen LogP contribution in [0.1, 0.15) is 27.8 Å². The minimum absolute atomic E-state index is 0.00986. The van der Waals surface area contributed by atoms with Crippen LogP contribution in [0, 0.1) is 6.92 Å². The fourth-order valence-corrected chi connectivity index (χ4v) is 11.6. The van der Waals surface area contributed by atoms with Crippen LogP contribution in [-0.2, 0) is 39.3 Å². The molecule has 0 aromatic heterocycles. The van der Waals surface area contributed by atoms with E-state index in [1.807, 2.05) is 0 Å². The fourth-order valence-electron chi connectivity index (χ4n) is 7.62. The third-order valence-electron chi connectivity index (χ3n) is 10.4. The fraction of sp³-hybridized carbons (Fsp3) is 0.116. The first-order valence-electron chi connectivity index (χ1n) is 18.2. The largest absolute Gasteiger partial charge is 0.416 e. The number of anilines is 2. The molecule has 63 heavy (non-hydrogen) atoms. The van der Waals surface area contributed by atoms with Crippen LogP contribution in [0.5, 0.6) is 0 Å². The van der Waals surface area contributed by atoms with Gasteiger partial charge in [0.15, 0.2) is 0 Å². The van der Waals surface area contributed by atoms with Gasteiger partial charge in [-0.15, -0.1) is 0 Å². The van der Waals surface area contributed by atoms with Crippen LogP contribution in [0.25, 0.3) is 54.9 Å². The number of hydrogen-bond acceptors (Lipinski definition) is 3. The van der Waals surface area contributed by atoms with Crippen molar-refractivity contribution in [2.45, 2.75) is 36.5 Å². The Kier molecular flexibility index (Phi) is 10.0. The maximum atomic E-state index is 15.4. The Hall–Kier alpha value is -6.04. The van der Waals surface area contributed by atoms with Crippen LogP contribution in [0.3, 0.4) is 0 Å². The topological polar surface area (TPSA) is 92.5 Å². The van der Waals surface area contributed by atoms with E-state index in [-0.39, 0.29) is 48.9 Å². The summed E-state index contributed by atoms with van der Waals surface area (Å²) in [7, 11) is -10.9. The van der Waals surface area contributed by atoms with Crippen LogP contribution in [0.2, 0.25) is 0 Å². The molecule has 0 bridgehead atoms. The van der Waals surface area contributed by atoms with E-state index in [1.165, 1.54) is 60.7 Å². The lowest BCUT2D eigenvalue weighted by molar-refractivity contribution is -0.144. The van der Waals surface area contributed by atoms with Gasteiger partial charge in [0.2, 0.25) is 0 Å².